The zero-order valence-corrected chi connectivity index (χ0v) is 11.1. The standard InChI is InChI=1S/C7H16ClO2S2.ClH/c1-3-11(4-2)6-5-7-12(8,9)10;/h3-7H2,1-2H3;1H/q+1;/p-1. The van der Waals surface area contributed by atoms with E-state index >= 15 is 0 Å². The van der Waals surface area contributed by atoms with E-state index in [0.717, 1.165) is 17.3 Å². The molecule has 0 bridgehead atoms. The summed E-state index contributed by atoms with van der Waals surface area (Å²) in [6.45, 7) is 4.28. The highest BCUT2D eigenvalue weighted by Gasteiger charge is 2.13. The van der Waals surface area contributed by atoms with Crippen LogP contribution in [0, 0.1) is 0 Å². The summed E-state index contributed by atoms with van der Waals surface area (Å²) in [6.07, 6.45) is 0.705. The fourth-order valence-corrected chi connectivity index (χ4v) is 3.47. The molecule has 0 fully saturated rings. The summed E-state index contributed by atoms with van der Waals surface area (Å²) in [4.78, 5) is 0. The van der Waals surface area contributed by atoms with Crippen LogP contribution in [-0.4, -0.2) is 31.4 Å². The van der Waals surface area contributed by atoms with E-state index in [4.69, 9.17) is 10.7 Å². The maximum Gasteiger partial charge on any atom is 0.232 e. The average Bonchev–Trinajstić information content (AvgIpc) is 1.96. The van der Waals surface area contributed by atoms with Gasteiger partial charge in [-0.05, 0) is 24.7 Å². The average molecular weight is 267 g/mol. The molecule has 0 aromatic heterocycles. The molecule has 0 aromatic carbocycles. The van der Waals surface area contributed by atoms with E-state index < -0.39 is 9.05 Å². The van der Waals surface area contributed by atoms with Gasteiger partial charge >= 0.3 is 0 Å². The van der Waals surface area contributed by atoms with Crippen molar-refractivity contribution in [2.45, 2.75) is 20.3 Å². The molecule has 0 aromatic rings. The second kappa shape index (κ2) is 8.21. The van der Waals surface area contributed by atoms with Crippen molar-refractivity contribution in [3.05, 3.63) is 0 Å². The summed E-state index contributed by atoms with van der Waals surface area (Å²) >= 11 is 0. The lowest BCUT2D eigenvalue weighted by molar-refractivity contribution is -0.00000491. The topological polar surface area (TPSA) is 34.1 Å². The fourth-order valence-electron chi connectivity index (χ4n) is 0.928. The fraction of sp³-hybridized carbons (Fsp3) is 1.00. The van der Waals surface area contributed by atoms with Gasteiger partial charge in [-0.15, -0.1) is 0 Å². The Hall–Kier alpha value is 0.880. The van der Waals surface area contributed by atoms with Gasteiger partial charge in [0.1, 0.15) is 17.3 Å². The molecule has 0 amide bonds. The van der Waals surface area contributed by atoms with Crippen molar-refractivity contribution in [1.82, 2.24) is 0 Å². The van der Waals surface area contributed by atoms with E-state index in [2.05, 4.69) is 13.8 Å². The van der Waals surface area contributed by atoms with Gasteiger partial charge in [-0.2, -0.15) is 0 Å². The van der Waals surface area contributed by atoms with Gasteiger partial charge in [-0.1, -0.05) is 0 Å². The third-order valence-electron chi connectivity index (χ3n) is 1.64. The van der Waals surface area contributed by atoms with Crippen LogP contribution < -0.4 is 12.4 Å². The molecule has 0 radical (unpaired) electrons. The molecule has 0 aliphatic heterocycles. The molecule has 2 nitrogen and oxygen atoms in total. The number of halogens is 2. The van der Waals surface area contributed by atoms with Crippen LogP contribution in [0.3, 0.4) is 0 Å². The lowest BCUT2D eigenvalue weighted by Crippen LogP contribution is -3.00. The van der Waals surface area contributed by atoms with Gasteiger partial charge in [0, 0.05) is 17.1 Å². The monoisotopic (exact) mass is 266 g/mol. The molecule has 0 N–H and O–H groups in total. The zero-order valence-electron chi connectivity index (χ0n) is 7.92. The molecule has 0 saturated carbocycles. The highest BCUT2D eigenvalue weighted by Crippen LogP contribution is 2.03. The molecule has 0 rings (SSSR count). The largest absolute Gasteiger partial charge is 1.00 e. The van der Waals surface area contributed by atoms with Gasteiger partial charge in [0.25, 0.3) is 0 Å². The predicted molar refractivity (Wildman–Crippen MR) is 57.6 cm³/mol. The molecule has 0 unspecified atom stereocenters. The van der Waals surface area contributed by atoms with Crippen LogP contribution in [-0.2, 0) is 19.9 Å². The third kappa shape index (κ3) is 10.8. The van der Waals surface area contributed by atoms with Gasteiger partial charge in [0.15, 0.2) is 0 Å². The number of rotatable bonds is 6. The zero-order chi connectivity index (χ0) is 9.61. The van der Waals surface area contributed by atoms with Crippen LogP contribution in [0.5, 0.6) is 0 Å². The van der Waals surface area contributed by atoms with E-state index in [1.54, 1.807) is 0 Å². The first-order valence-electron chi connectivity index (χ1n) is 4.06. The molecule has 6 heteroatoms. The second-order valence-corrected chi connectivity index (χ2v) is 8.17. The summed E-state index contributed by atoms with van der Waals surface area (Å²) in [7, 11) is 2.22. The van der Waals surface area contributed by atoms with Gasteiger partial charge in [0.2, 0.25) is 9.05 Å². The van der Waals surface area contributed by atoms with Crippen molar-refractivity contribution in [2.24, 2.45) is 0 Å². The Kier molecular flexibility index (Phi) is 10.3. The quantitative estimate of drug-likeness (QED) is 0.438. The van der Waals surface area contributed by atoms with Gasteiger partial charge < -0.3 is 12.4 Å². The Morgan fingerprint density at radius 3 is 2.00 bits per heavy atom. The third-order valence-corrected chi connectivity index (χ3v) is 5.38. The lowest BCUT2D eigenvalue weighted by atomic mass is 10.6. The van der Waals surface area contributed by atoms with E-state index in [9.17, 15) is 8.42 Å². The van der Waals surface area contributed by atoms with Crippen molar-refractivity contribution in [3.8, 4) is 0 Å². The first-order valence-corrected chi connectivity index (χ1v) is 8.27. The molecule has 0 aliphatic carbocycles. The molecular formula is C7H16Cl2O2S2. The molecule has 0 heterocycles. The Balaban J connectivity index is 0. The van der Waals surface area contributed by atoms with Crippen LogP contribution in [0.15, 0.2) is 0 Å². The van der Waals surface area contributed by atoms with Crippen LogP contribution in [0.25, 0.3) is 0 Å². The molecule has 0 atom stereocenters. The summed E-state index contributed by atoms with van der Waals surface area (Å²) < 4.78 is 21.1. The molecule has 0 spiro atoms. The van der Waals surface area contributed by atoms with Crippen molar-refractivity contribution in [1.29, 1.82) is 0 Å². The van der Waals surface area contributed by atoms with E-state index in [0.29, 0.717) is 17.3 Å². The first-order chi connectivity index (χ1) is 5.49. The summed E-state index contributed by atoms with van der Waals surface area (Å²) in [6, 6.07) is 0. The second-order valence-electron chi connectivity index (χ2n) is 2.49. The Morgan fingerprint density at radius 1 is 1.23 bits per heavy atom. The highest BCUT2D eigenvalue weighted by atomic mass is 35.7. The van der Waals surface area contributed by atoms with Crippen LogP contribution in [0.4, 0.5) is 0 Å². The molecule has 0 aliphatic rings. The van der Waals surface area contributed by atoms with E-state index in [1.165, 1.54) is 0 Å². The minimum absolute atomic E-state index is 0. The van der Waals surface area contributed by atoms with Crippen LogP contribution in [0.2, 0.25) is 0 Å². The van der Waals surface area contributed by atoms with Gasteiger partial charge in [0.05, 0.1) is 5.75 Å². The molecule has 13 heavy (non-hydrogen) atoms. The Labute approximate surface area is 94.6 Å². The van der Waals surface area contributed by atoms with E-state index in [-0.39, 0.29) is 18.2 Å². The maximum atomic E-state index is 10.6. The van der Waals surface area contributed by atoms with Gasteiger partial charge in [-0.25, -0.2) is 8.42 Å². The normalized spacial score (nSPS) is 11.4. The minimum Gasteiger partial charge on any atom is -1.00 e. The smallest absolute Gasteiger partial charge is 0.232 e. The van der Waals surface area contributed by atoms with Crippen molar-refractivity contribution >= 4 is 30.6 Å². The summed E-state index contributed by atoms with van der Waals surface area (Å²) in [5.74, 6) is 3.43. The molecule has 0 saturated heterocycles. The van der Waals surface area contributed by atoms with Crippen molar-refractivity contribution in [3.63, 3.8) is 0 Å². The SMILES string of the molecule is CC[S+](CC)CCCS(=O)(=O)Cl.[Cl-]. The summed E-state index contributed by atoms with van der Waals surface area (Å²) in [5, 5.41) is 0. The highest BCUT2D eigenvalue weighted by molar-refractivity contribution is 8.13. The van der Waals surface area contributed by atoms with Crippen molar-refractivity contribution < 1.29 is 20.8 Å². The van der Waals surface area contributed by atoms with Crippen molar-refractivity contribution in [2.75, 3.05) is 23.0 Å². The molecule has 82 valence electrons. The van der Waals surface area contributed by atoms with Crippen LogP contribution >= 0.6 is 10.7 Å². The van der Waals surface area contributed by atoms with Gasteiger partial charge in [-0.3, -0.25) is 0 Å². The predicted octanol–water partition coefficient (Wildman–Crippen LogP) is -1.39. The number of hydrogen-bond acceptors (Lipinski definition) is 2. The Bertz CT molecular complexity index is 201. The molecular weight excluding hydrogens is 251 g/mol. The summed E-state index contributed by atoms with van der Waals surface area (Å²) in [5.41, 5.74) is 0. The van der Waals surface area contributed by atoms with Crippen LogP contribution in [0.1, 0.15) is 20.3 Å². The maximum absolute atomic E-state index is 10.6. The number of hydrogen-bond donors (Lipinski definition) is 0. The Morgan fingerprint density at radius 2 is 1.69 bits per heavy atom. The first kappa shape index (κ1) is 16.3. The minimum atomic E-state index is -3.26. The van der Waals surface area contributed by atoms with E-state index in [1.807, 2.05) is 0 Å². The lowest BCUT2D eigenvalue weighted by Gasteiger charge is -2.01.